The number of nitrogens with zero attached hydrogens (tertiary/aromatic N) is 1. The SMILES string of the molecule is C1CCOC1.CC.COc1cc2c(cc1Cl)-c1c(cc(C(=O)OC(C)C)c(=O)n1C1CC1)CS2. The van der Waals surface area contributed by atoms with E-state index in [4.69, 9.17) is 25.8 Å². The molecule has 0 radical (unpaired) electrons. The van der Waals surface area contributed by atoms with Crippen molar-refractivity contribution in [1.82, 2.24) is 4.57 Å². The molecule has 3 heterocycles. The maximum Gasteiger partial charge on any atom is 0.344 e. The van der Waals surface area contributed by atoms with Crippen LogP contribution in [0.4, 0.5) is 0 Å². The van der Waals surface area contributed by atoms with Crippen LogP contribution in [0.2, 0.25) is 5.02 Å². The molecule has 0 amide bonds. The van der Waals surface area contributed by atoms with E-state index in [-0.39, 0.29) is 23.3 Å². The lowest BCUT2D eigenvalue weighted by atomic mass is 10.0. The summed E-state index contributed by atoms with van der Waals surface area (Å²) in [6.45, 7) is 9.55. The summed E-state index contributed by atoms with van der Waals surface area (Å²) in [6, 6.07) is 5.57. The van der Waals surface area contributed by atoms with E-state index in [9.17, 15) is 9.59 Å². The predicted octanol–water partition coefficient (Wildman–Crippen LogP) is 6.51. The number of methoxy groups -OCH3 is 1. The molecule has 0 atom stereocenters. The number of aromatic nitrogens is 1. The van der Waals surface area contributed by atoms with Gasteiger partial charge in [-0.1, -0.05) is 25.4 Å². The van der Waals surface area contributed by atoms with Crippen molar-refractivity contribution in [3.63, 3.8) is 0 Å². The molecule has 1 aromatic heterocycles. The van der Waals surface area contributed by atoms with Gasteiger partial charge in [-0.15, -0.1) is 11.8 Å². The highest BCUT2D eigenvalue weighted by molar-refractivity contribution is 7.98. The molecule has 34 heavy (non-hydrogen) atoms. The Kier molecular flexibility index (Phi) is 9.51. The molecular formula is C26H34ClNO5S. The first-order valence-corrected chi connectivity index (χ1v) is 13.3. The Balaban J connectivity index is 0.000000404. The van der Waals surface area contributed by atoms with Crippen LogP contribution in [-0.4, -0.2) is 37.0 Å². The van der Waals surface area contributed by atoms with Crippen molar-refractivity contribution in [2.24, 2.45) is 0 Å². The second-order valence-electron chi connectivity index (χ2n) is 8.38. The van der Waals surface area contributed by atoms with E-state index in [0.29, 0.717) is 16.5 Å². The van der Waals surface area contributed by atoms with Gasteiger partial charge in [0.2, 0.25) is 0 Å². The molecule has 2 fully saturated rings. The van der Waals surface area contributed by atoms with E-state index in [1.165, 1.54) is 12.8 Å². The minimum atomic E-state index is -0.559. The zero-order chi connectivity index (χ0) is 24.8. The Hall–Kier alpha value is -1.96. The zero-order valence-electron chi connectivity index (χ0n) is 20.6. The van der Waals surface area contributed by atoms with Crippen LogP contribution in [0.5, 0.6) is 5.75 Å². The number of esters is 1. The molecule has 5 rings (SSSR count). The summed E-state index contributed by atoms with van der Waals surface area (Å²) >= 11 is 8.00. The van der Waals surface area contributed by atoms with Gasteiger partial charge in [-0.3, -0.25) is 4.79 Å². The van der Waals surface area contributed by atoms with E-state index in [1.54, 1.807) is 43.4 Å². The summed E-state index contributed by atoms with van der Waals surface area (Å²) < 4.78 is 17.3. The number of carbonyl (C=O) groups excluding carboxylic acids is 1. The van der Waals surface area contributed by atoms with Crippen LogP contribution in [0, 0.1) is 0 Å². The van der Waals surface area contributed by atoms with E-state index < -0.39 is 5.97 Å². The average molecular weight is 508 g/mol. The van der Waals surface area contributed by atoms with Crippen molar-refractivity contribution in [2.75, 3.05) is 20.3 Å². The first kappa shape index (κ1) is 26.6. The fourth-order valence-corrected chi connectivity index (χ4v) is 5.14. The van der Waals surface area contributed by atoms with Crippen LogP contribution in [-0.2, 0) is 15.2 Å². The van der Waals surface area contributed by atoms with Crippen molar-refractivity contribution in [3.8, 4) is 17.0 Å². The normalized spacial score (nSPS) is 15.9. The molecule has 0 unspecified atom stereocenters. The number of benzene rings is 1. The number of thioether (sulfide) groups is 1. The van der Waals surface area contributed by atoms with E-state index in [0.717, 1.165) is 47.8 Å². The van der Waals surface area contributed by atoms with Gasteiger partial charge in [0, 0.05) is 35.5 Å². The van der Waals surface area contributed by atoms with Crippen molar-refractivity contribution in [1.29, 1.82) is 0 Å². The van der Waals surface area contributed by atoms with Crippen LogP contribution in [0.1, 0.15) is 75.3 Å². The number of hydrogen-bond donors (Lipinski definition) is 0. The van der Waals surface area contributed by atoms with Gasteiger partial charge in [0.15, 0.2) is 0 Å². The van der Waals surface area contributed by atoms with Crippen molar-refractivity contribution in [2.45, 2.75) is 76.2 Å². The van der Waals surface area contributed by atoms with Gasteiger partial charge < -0.3 is 18.8 Å². The van der Waals surface area contributed by atoms with Crippen LogP contribution >= 0.6 is 23.4 Å². The fraction of sp³-hybridized carbons (Fsp3) is 0.538. The molecule has 0 N–H and O–H groups in total. The maximum atomic E-state index is 13.2. The van der Waals surface area contributed by atoms with Gasteiger partial charge in [0.05, 0.1) is 23.9 Å². The second-order valence-corrected chi connectivity index (χ2v) is 9.81. The number of rotatable bonds is 4. The third kappa shape index (κ3) is 5.99. The van der Waals surface area contributed by atoms with E-state index in [2.05, 4.69) is 0 Å². The fourth-order valence-electron chi connectivity index (χ4n) is 3.87. The third-order valence-corrected chi connectivity index (χ3v) is 6.91. The second kappa shape index (κ2) is 12.1. The lowest BCUT2D eigenvalue weighted by molar-refractivity contribution is 0.0375. The first-order valence-electron chi connectivity index (χ1n) is 12.0. The van der Waals surface area contributed by atoms with Crippen LogP contribution in [0.3, 0.4) is 0 Å². The lowest BCUT2D eigenvalue weighted by Gasteiger charge is -2.25. The van der Waals surface area contributed by atoms with Crippen LogP contribution in [0.15, 0.2) is 27.9 Å². The Morgan fingerprint density at radius 2 is 1.85 bits per heavy atom. The van der Waals surface area contributed by atoms with E-state index in [1.807, 2.05) is 26.0 Å². The molecule has 1 aromatic carbocycles. The molecule has 8 heteroatoms. The molecule has 6 nitrogen and oxygen atoms in total. The monoisotopic (exact) mass is 507 g/mol. The zero-order valence-corrected chi connectivity index (χ0v) is 22.2. The standard InChI is InChI=1S/C20H20ClNO4S.C4H8O.C2H6/c1-10(2)26-20(24)14-6-11-9-27-17-8-16(25-3)15(21)7-13(17)18(11)22(19(14)23)12-4-5-12;1-2-4-5-3-1;1-2/h6-8,10,12H,4-5,9H2,1-3H3;1-4H2;1-2H3. The molecule has 1 aliphatic carbocycles. The molecule has 0 spiro atoms. The minimum absolute atomic E-state index is 0.109. The highest BCUT2D eigenvalue weighted by Gasteiger charge is 2.34. The van der Waals surface area contributed by atoms with Crippen molar-refractivity contribution >= 4 is 29.3 Å². The van der Waals surface area contributed by atoms with Gasteiger partial charge in [-0.2, -0.15) is 0 Å². The Morgan fingerprint density at radius 3 is 2.38 bits per heavy atom. The lowest BCUT2D eigenvalue weighted by Crippen LogP contribution is -2.30. The Bertz CT molecular complexity index is 1070. The summed E-state index contributed by atoms with van der Waals surface area (Å²) in [5.74, 6) is 0.724. The summed E-state index contributed by atoms with van der Waals surface area (Å²) in [7, 11) is 1.59. The number of carbonyl (C=O) groups is 1. The van der Waals surface area contributed by atoms with Crippen LogP contribution < -0.4 is 10.3 Å². The van der Waals surface area contributed by atoms with Gasteiger partial charge >= 0.3 is 5.97 Å². The summed E-state index contributed by atoms with van der Waals surface area (Å²) in [5, 5.41) is 0.503. The summed E-state index contributed by atoms with van der Waals surface area (Å²) in [6.07, 6.45) is 4.15. The highest BCUT2D eigenvalue weighted by Crippen LogP contribution is 2.48. The summed E-state index contributed by atoms with van der Waals surface area (Å²) in [5.41, 5.74) is 2.56. The number of halogens is 1. The molecule has 2 aliphatic heterocycles. The number of fused-ring (bicyclic) bond motifs is 3. The number of pyridine rings is 1. The number of ether oxygens (including phenoxy) is 3. The first-order chi connectivity index (χ1) is 16.4. The topological polar surface area (TPSA) is 66.8 Å². The molecule has 3 aliphatic rings. The molecule has 186 valence electrons. The van der Waals surface area contributed by atoms with Gasteiger partial charge in [-0.05, 0) is 63.3 Å². The van der Waals surface area contributed by atoms with Gasteiger partial charge in [0.1, 0.15) is 11.3 Å². The average Bonchev–Trinajstić information content (AvgIpc) is 3.47. The van der Waals surface area contributed by atoms with Crippen LogP contribution in [0.25, 0.3) is 11.3 Å². The molecule has 2 aromatic rings. The smallest absolute Gasteiger partial charge is 0.344 e. The quantitative estimate of drug-likeness (QED) is 0.440. The predicted molar refractivity (Wildman–Crippen MR) is 137 cm³/mol. The summed E-state index contributed by atoms with van der Waals surface area (Å²) in [4.78, 5) is 26.6. The maximum absolute atomic E-state index is 13.2. The van der Waals surface area contributed by atoms with Crippen molar-refractivity contribution < 1.29 is 19.0 Å². The molecule has 0 bridgehead atoms. The molecule has 1 saturated heterocycles. The number of hydrogen-bond acceptors (Lipinski definition) is 6. The third-order valence-electron chi connectivity index (χ3n) is 5.51. The van der Waals surface area contributed by atoms with Gasteiger partial charge in [-0.25, -0.2) is 4.79 Å². The van der Waals surface area contributed by atoms with E-state index >= 15 is 0 Å². The van der Waals surface area contributed by atoms with Crippen molar-refractivity contribution in [3.05, 3.63) is 44.7 Å². The highest BCUT2D eigenvalue weighted by atomic mass is 35.5. The Labute approximate surface area is 210 Å². The Morgan fingerprint density at radius 1 is 1.18 bits per heavy atom. The molecular weight excluding hydrogens is 474 g/mol. The largest absolute Gasteiger partial charge is 0.495 e. The van der Waals surface area contributed by atoms with Gasteiger partial charge in [0.25, 0.3) is 5.56 Å². The minimum Gasteiger partial charge on any atom is -0.495 e. The molecule has 1 saturated carbocycles.